The van der Waals surface area contributed by atoms with Crippen molar-refractivity contribution >= 4 is 15.9 Å². The molecule has 3 rings (SSSR count). The summed E-state index contributed by atoms with van der Waals surface area (Å²) < 4.78 is 59.1. The number of piperazine rings is 1. The number of sulfonamides is 1. The van der Waals surface area contributed by atoms with Crippen LogP contribution in [0.1, 0.15) is 12.8 Å². The highest BCUT2D eigenvalue weighted by Gasteiger charge is 2.41. The van der Waals surface area contributed by atoms with Crippen molar-refractivity contribution in [1.82, 2.24) is 9.21 Å². The number of halogens is 2. The summed E-state index contributed by atoms with van der Waals surface area (Å²) in [6, 6.07) is 2.91. The number of amides is 1. The second-order valence-corrected chi connectivity index (χ2v) is 8.39. The molecule has 2 saturated heterocycles. The molecular weight excluding hydrogens is 368 g/mol. The maximum Gasteiger partial charge on any atom is 0.249 e. The average molecular weight is 389 g/mol. The van der Waals surface area contributed by atoms with E-state index in [9.17, 15) is 22.0 Å². The molecule has 2 fully saturated rings. The van der Waals surface area contributed by atoms with E-state index in [4.69, 9.17) is 10.5 Å². The molecule has 0 unspecified atom stereocenters. The second kappa shape index (κ2) is 7.18. The molecule has 0 radical (unpaired) electrons. The van der Waals surface area contributed by atoms with Gasteiger partial charge in [0.1, 0.15) is 11.6 Å². The number of nitrogens with two attached hydrogens (primary N) is 1. The van der Waals surface area contributed by atoms with Crippen molar-refractivity contribution in [2.24, 2.45) is 5.73 Å². The van der Waals surface area contributed by atoms with Gasteiger partial charge >= 0.3 is 0 Å². The van der Waals surface area contributed by atoms with E-state index in [-0.39, 0.29) is 32.1 Å². The summed E-state index contributed by atoms with van der Waals surface area (Å²) in [5, 5.41) is 0. The fourth-order valence-corrected chi connectivity index (χ4v) is 4.79. The van der Waals surface area contributed by atoms with Gasteiger partial charge in [-0.15, -0.1) is 0 Å². The maximum atomic E-state index is 13.9. The molecule has 0 aromatic heterocycles. The van der Waals surface area contributed by atoms with Crippen molar-refractivity contribution in [1.29, 1.82) is 0 Å². The topological polar surface area (TPSA) is 92.9 Å². The molecule has 2 heterocycles. The molecule has 2 N–H and O–H groups in total. The quantitative estimate of drug-likeness (QED) is 0.803. The largest absolute Gasteiger partial charge is 0.381 e. The Labute approximate surface area is 150 Å². The summed E-state index contributed by atoms with van der Waals surface area (Å²) in [7, 11) is -4.32. The van der Waals surface area contributed by atoms with Crippen LogP contribution in [-0.2, 0) is 19.6 Å². The molecule has 1 aromatic carbocycles. The van der Waals surface area contributed by atoms with Crippen LogP contribution in [0.4, 0.5) is 8.78 Å². The van der Waals surface area contributed by atoms with Gasteiger partial charge in [-0.3, -0.25) is 4.79 Å². The summed E-state index contributed by atoms with van der Waals surface area (Å²) >= 11 is 0. The van der Waals surface area contributed by atoms with E-state index < -0.39 is 32.1 Å². The first-order chi connectivity index (χ1) is 12.3. The van der Waals surface area contributed by atoms with E-state index in [1.807, 2.05) is 0 Å². The van der Waals surface area contributed by atoms with Gasteiger partial charge in [0.25, 0.3) is 0 Å². The van der Waals surface area contributed by atoms with Gasteiger partial charge in [0.05, 0.1) is 5.54 Å². The third kappa shape index (κ3) is 3.46. The summed E-state index contributed by atoms with van der Waals surface area (Å²) in [5.41, 5.74) is 5.18. The Morgan fingerprint density at radius 3 is 2.15 bits per heavy atom. The van der Waals surface area contributed by atoms with E-state index in [0.29, 0.717) is 26.1 Å². The van der Waals surface area contributed by atoms with Crippen molar-refractivity contribution in [3.63, 3.8) is 0 Å². The van der Waals surface area contributed by atoms with Crippen molar-refractivity contribution < 1.29 is 26.7 Å². The smallest absolute Gasteiger partial charge is 0.249 e. The van der Waals surface area contributed by atoms with Crippen LogP contribution in [0.2, 0.25) is 0 Å². The Morgan fingerprint density at radius 1 is 1.08 bits per heavy atom. The number of ether oxygens (including phenoxy) is 1. The highest BCUT2D eigenvalue weighted by atomic mass is 32.2. The van der Waals surface area contributed by atoms with Gasteiger partial charge in [-0.05, 0) is 25.0 Å². The van der Waals surface area contributed by atoms with Crippen molar-refractivity contribution in [2.75, 3.05) is 39.4 Å². The van der Waals surface area contributed by atoms with E-state index in [1.165, 1.54) is 4.90 Å². The molecule has 1 aromatic rings. The molecule has 10 heteroatoms. The SMILES string of the molecule is NC1(C(=O)N2CCN(S(=O)(=O)c3c(F)cccc3F)CC2)CCOCC1. The van der Waals surface area contributed by atoms with Gasteiger partial charge in [0.2, 0.25) is 15.9 Å². The zero-order valence-electron chi connectivity index (χ0n) is 14.2. The van der Waals surface area contributed by atoms with E-state index in [0.717, 1.165) is 22.5 Å². The van der Waals surface area contributed by atoms with E-state index in [1.54, 1.807) is 0 Å². The normalized spacial score (nSPS) is 21.6. The molecule has 144 valence electrons. The monoisotopic (exact) mass is 389 g/mol. The lowest BCUT2D eigenvalue weighted by atomic mass is 9.89. The third-order valence-electron chi connectivity index (χ3n) is 4.85. The van der Waals surface area contributed by atoms with Crippen LogP contribution in [0.5, 0.6) is 0 Å². The Kier molecular flexibility index (Phi) is 5.29. The molecular formula is C16H21F2N3O4S. The molecule has 0 aliphatic carbocycles. The minimum absolute atomic E-state index is 0.0472. The van der Waals surface area contributed by atoms with Crippen LogP contribution in [0.3, 0.4) is 0 Å². The van der Waals surface area contributed by atoms with Crippen LogP contribution in [0.25, 0.3) is 0 Å². The first-order valence-electron chi connectivity index (χ1n) is 8.36. The Bertz CT molecular complexity index is 768. The van der Waals surface area contributed by atoms with E-state index in [2.05, 4.69) is 0 Å². The van der Waals surface area contributed by atoms with Gasteiger partial charge in [-0.25, -0.2) is 17.2 Å². The fraction of sp³-hybridized carbons (Fsp3) is 0.562. The molecule has 7 nitrogen and oxygen atoms in total. The molecule has 0 atom stereocenters. The Morgan fingerprint density at radius 2 is 1.62 bits per heavy atom. The zero-order chi connectivity index (χ0) is 18.9. The number of benzene rings is 1. The standard InChI is InChI=1S/C16H21F2N3O4S/c17-12-2-1-3-13(18)14(12)26(23,24)21-8-6-20(7-9-21)15(22)16(19)4-10-25-11-5-16/h1-3H,4-11,19H2. The molecule has 2 aliphatic heterocycles. The van der Waals surface area contributed by atoms with Crippen LogP contribution >= 0.6 is 0 Å². The molecule has 0 saturated carbocycles. The van der Waals surface area contributed by atoms with Crippen molar-refractivity contribution in [3.05, 3.63) is 29.8 Å². The van der Waals surface area contributed by atoms with Crippen LogP contribution < -0.4 is 5.73 Å². The first-order valence-corrected chi connectivity index (χ1v) is 9.80. The predicted octanol–water partition coefficient (Wildman–Crippen LogP) is 0.306. The number of hydrogen-bond donors (Lipinski definition) is 1. The number of carbonyl (C=O) groups excluding carboxylic acids is 1. The molecule has 1 amide bonds. The van der Waals surface area contributed by atoms with Crippen LogP contribution in [0, 0.1) is 11.6 Å². The Balaban J connectivity index is 1.71. The lowest BCUT2D eigenvalue weighted by Gasteiger charge is -2.40. The van der Waals surface area contributed by atoms with Gasteiger partial charge in [-0.2, -0.15) is 4.31 Å². The highest BCUT2D eigenvalue weighted by Crippen LogP contribution is 2.25. The lowest BCUT2D eigenvalue weighted by molar-refractivity contribution is -0.141. The Hall–Kier alpha value is -1.62. The summed E-state index contributed by atoms with van der Waals surface area (Å²) in [5.74, 6) is -2.51. The predicted molar refractivity (Wildman–Crippen MR) is 88.7 cm³/mol. The highest BCUT2D eigenvalue weighted by molar-refractivity contribution is 7.89. The van der Waals surface area contributed by atoms with Crippen molar-refractivity contribution in [3.8, 4) is 0 Å². The van der Waals surface area contributed by atoms with Gasteiger partial charge in [0.15, 0.2) is 4.90 Å². The first kappa shape index (κ1) is 19.2. The minimum Gasteiger partial charge on any atom is -0.381 e. The number of hydrogen-bond acceptors (Lipinski definition) is 5. The van der Waals surface area contributed by atoms with Crippen LogP contribution in [-0.4, -0.2) is 68.5 Å². The number of nitrogens with zero attached hydrogens (tertiary/aromatic N) is 2. The summed E-state index contributed by atoms with van der Waals surface area (Å²) in [4.78, 5) is 13.2. The average Bonchev–Trinajstić information content (AvgIpc) is 2.61. The molecule has 0 bridgehead atoms. The maximum absolute atomic E-state index is 13.9. The number of rotatable bonds is 3. The second-order valence-electron chi connectivity index (χ2n) is 6.52. The summed E-state index contributed by atoms with van der Waals surface area (Å²) in [6.45, 7) is 0.955. The fourth-order valence-electron chi connectivity index (χ4n) is 3.25. The van der Waals surface area contributed by atoms with Gasteiger partial charge in [-0.1, -0.05) is 6.07 Å². The van der Waals surface area contributed by atoms with Gasteiger partial charge < -0.3 is 15.4 Å². The van der Waals surface area contributed by atoms with Crippen LogP contribution in [0.15, 0.2) is 23.1 Å². The summed E-state index contributed by atoms with van der Waals surface area (Å²) in [6.07, 6.45) is 0.815. The molecule has 2 aliphatic rings. The molecule has 26 heavy (non-hydrogen) atoms. The molecule has 0 spiro atoms. The lowest BCUT2D eigenvalue weighted by Crippen LogP contribution is -2.61. The van der Waals surface area contributed by atoms with Gasteiger partial charge in [0, 0.05) is 39.4 Å². The van der Waals surface area contributed by atoms with Crippen molar-refractivity contribution in [2.45, 2.75) is 23.3 Å². The van der Waals surface area contributed by atoms with E-state index >= 15 is 0 Å². The minimum atomic E-state index is -4.32. The number of carbonyl (C=O) groups is 1. The zero-order valence-corrected chi connectivity index (χ0v) is 15.0. The third-order valence-corrected chi connectivity index (χ3v) is 6.80.